The number of hydrogen-bond acceptors (Lipinski definition) is 8. The first-order valence-corrected chi connectivity index (χ1v) is 13.3. The highest BCUT2D eigenvalue weighted by Crippen LogP contribution is 2.23. The summed E-state index contributed by atoms with van der Waals surface area (Å²) >= 11 is 0. The summed E-state index contributed by atoms with van der Waals surface area (Å²) in [4.78, 5) is 20.6. The number of H-pyrrole nitrogens is 1. The van der Waals surface area contributed by atoms with Gasteiger partial charge in [0.25, 0.3) is 0 Å². The second kappa shape index (κ2) is 8.83. The van der Waals surface area contributed by atoms with Gasteiger partial charge in [-0.1, -0.05) is 6.07 Å². The van der Waals surface area contributed by atoms with Crippen molar-refractivity contribution in [3.05, 3.63) is 72.3 Å². The van der Waals surface area contributed by atoms with E-state index in [2.05, 4.69) is 20.2 Å². The molecule has 0 bridgehead atoms. The lowest BCUT2D eigenvalue weighted by Gasteiger charge is -2.07. The van der Waals surface area contributed by atoms with Crippen LogP contribution < -0.4 is 0 Å². The van der Waals surface area contributed by atoms with Gasteiger partial charge < -0.3 is 0 Å². The average Bonchev–Trinajstić information content (AvgIpc) is 3.27. The Bertz CT molecular complexity index is 1540. The normalized spacial score (nSPS) is 12.2. The van der Waals surface area contributed by atoms with Crippen molar-refractivity contribution in [1.29, 1.82) is 0 Å². The van der Waals surface area contributed by atoms with Gasteiger partial charge in [0, 0.05) is 41.7 Å². The molecule has 9 nitrogen and oxygen atoms in total. The Morgan fingerprint density at radius 2 is 1.70 bits per heavy atom. The quantitative estimate of drug-likeness (QED) is 0.377. The number of aromatic nitrogens is 4. The fraction of sp³-hybridized carbons (Fsp3) is 0.182. The molecule has 3 aromatic heterocycles. The van der Waals surface area contributed by atoms with Crippen LogP contribution in [-0.4, -0.2) is 49.0 Å². The second-order valence-corrected chi connectivity index (χ2v) is 11.5. The van der Waals surface area contributed by atoms with Gasteiger partial charge in [-0.2, -0.15) is 5.10 Å². The molecule has 0 fully saturated rings. The number of aromatic amines is 1. The van der Waals surface area contributed by atoms with Gasteiger partial charge in [-0.05, 0) is 49.2 Å². The Balaban J connectivity index is 1.41. The minimum absolute atomic E-state index is 0.0348. The topological polar surface area (TPSA) is 140 Å². The summed E-state index contributed by atoms with van der Waals surface area (Å²) < 4.78 is 49.2. The van der Waals surface area contributed by atoms with E-state index in [9.17, 15) is 21.6 Å². The Kier molecular flexibility index (Phi) is 6.09. The largest absolute Gasteiger partial charge is 0.294 e. The zero-order valence-electron chi connectivity index (χ0n) is 17.6. The number of fused-ring (bicyclic) bond motifs is 1. The Hall–Kier alpha value is -3.44. The maximum atomic E-state index is 12.9. The van der Waals surface area contributed by atoms with Gasteiger partial charge in [0.05, 0.1) is 20.9 Å². The van der Waals surface area contributed by atoms with Crippen molar-refractivity contribution in [2.45, 2.75) is 33.9 Å². The highest BCUT2D eigenvalue weighted by atomic mass is 32.2. The van der Waals surface area contributed by atoms with E-state index in [1.54, 1.807) is 18.3 Å². The van der Waals surface area contributed by atoms with E-state index in [4.69, 9.17) is 0 Å². The molecule has 0 spiro atoms. The lowest BCUT2D eigenvalue weighted by Crippen LogP contribution is -2.06. The molecule has 0 radical (unpaired) electrons. The van der Waals surface area contributed by atoms with Crippen LogP contribution in [0.25, 0.3) is 11.0 Å². The molecule has 33 heavy (non-hydrogen) atoms. The standard InChI is InChI=1S/C22H20N4O5S2/c1-32(28,29)18-5-3-6-19(11-18)33(30,31)20-9-8-17(23-14-20)4-2-7-21(27)15-10-16-13-25-26-22(16)24-12-15/h3,5-6,8-14H,2,4,7H2,1H3,(H,24,25,26). The minimum Gasteiger partial charge on any atom is -0.294 e. The van der Waals surface area contributed by atoms with Gasteiger partial charge in [-0.3, -0.25) is 14.9 Å². The van der Waals surface area contributed by atoms with Crippen LogP contribution in [0.15, 0.2) is 75.7 Å². The number of ketones is 1. The number of aryl methyl sites for hydroxylation is 1. The number of nitrogens with zero attached hydrogens (tertiary/aromatic N) is 3. The van der Waals surface area contributed by atoms with Crippen molar-refractivity contribution in [3.63, 3.8) is 0 Å². The minimum atomic E-state index is -3.92. The van der Waals surface area contributed by atoms with E-state index in [1.165, 1.54) is 36.7 Å². The molecule has 0 aliphatic heterocycles. The number of carbonyl (C=O) groups is 1. The maximum Gasteiger partial charge on any atom is 0.208 e. The van der Waals surface area contributed by atoms with Gasteiger partial charge in [-0.15, -0.1) is 0 Å². The number of nitrogens with one attached hydrogen (secondary N) is 1. The van der Waals surface area contributed by atoms with Gasteiger partial charge in [0.15, 0.2) is 21.3 Å². The molecule has 1 aromatic carbocycles. The van der Waals surface area contributed by atoms with Crippen molar-refractivity contribution in [2.24, 2.45) is 0 Å². The smallest absolute Gasteiger partial charge is 0.208 e. The van der Waals surface area contributed by atoms with Crippen LogP contribution in [-0.2, 0) is 26.1 Å². The van der Waals surface area contributed by atoms with Crippen molar-refractivity contribution in [3.8, 4) is 0 Å². The first kappa shape index (κ1) is 22.7. The van der Waals surface area contributed by atoms with Gasteiger partial charge in [-0.25, -0.2) is 21.8 Å². The zero-order chi connectivity index (χ0) is 23.6. The van der Waals surface area contributed by atoms with Crippen LogP contribution in [0.1, 0.15) is 28.9 Å². The molecule has 0 atom stereocenters. The average molecular weight is 485 g/mol. The first-order chi connectivity index (χ1) is 15.6. The molecule has 0 aliphatic carbocycles. The summed E-state index contributed by atoms with van der Waals surface area (Å²) in [7, 11) is -7.45. The highest BCUT2D eigenvalue weighted by Gasteiger charge is 2.20. The molecule has 0 saturated carbocycles. The Morgan fingerprint density at radius 1 is 0.909 bits per heavy atom. The van der Waals surface area contributed by atoms with Crippen LogP contribution in [0.2, 0.25) is 0 Å². The molecule has 0 aliphatic rings. The zero-order valence-corrected chi connectivity index (χ0v) is 19.2. The third-order valence-electron chi connectivity index (χ3n) is 5.10. The van der Waals surface area contributed by atoms with Crippen LogP contribution >= 0.6 is 0 Å². The van der Waals surface area contributed by atoms with Crippen LogP contribution in [0.5, 0.6) is 0 Å². The summed E-state index contributed by atoms with van der Waals surface area (Å²) in [6.45, 7) is 0. The monoisotopic (exact) mass is 484 g/mol. The number of rotatable bonds is 8. The molecule has 0 saturated heterocycles. The van der Waals surface area contributed by atoms with Crippen LogP contribution in [0.4, 0.5) is 0 Å². The lowest BCUT2D eigenvalue weighted by atomic mass is 10.1. The van der Waals surface area contributed by atoms with Gasteiger partial charge in [0.1, 0.15) is 0 Å². The molecular formula is C22H20N4O5S2. The molecule has 4 aromatic rings. The molecule has 1 N–H and O–H groups in total. The maximum absolute atomic E-state index is 12.9. The van der Waals surface area contributed by atoms with Crippen molar-refractivity contribution >= 4 is 36.5 Å². The molecular weight excluding hydrogens is 464 g/mol. The number of pyridine rings is 2. The SMILES string of the molecule is CS(=O)(=O)c1cccc(S(=O)(=O)c2ccc(CCCC(=O)c3cnc4[nH]ncc4c3)nc2)c1. The Morgan fingerprint density at radius 3 is 2.42 bits per heavy atom. The predicted molar refractivity (Wildman–Crippen MR) is 120 cm³/mol. The third-order valence-corrected chi connectivity index (χ3v) is 7.95. The van der Waals surface area contributed by atoms with E-state index in [-0.39, 0.29) is 20.5 Å². The summed E-state index contributed by atoms with van der Waals surface area (Å²) in [5, 5.41) is 7.39. The van der Waals surface area contributed by atoms with Crippen LogP contribution in [0.3, 0.4) is 0 Å². The van der Waals surface area contributed by atoms with E-state index in [0.29, 0.717) is 36.2 Å². The van der Waals surface area contributed by atoms with E-state index in [1.807, 2.05) is 0 Å². The summed E-state index contributed by atoms with van der Waals surface area (Å²) in [6.07, 6.45) is 6.72. The molecule has 0 unspecified atom stereocenters. The highest BCUT2D eigenvalue weighted by molar-refractivity contribution is 7.92. The number of hydrogen-bond donors (Lipinski definition) is 1. The van der Waals surface area contributed by atoms with Gasteiger partial charge in [0.2, 0.25) is 9.84 Å². The van der Waals surface area contributed by atoms with Crippen LogP contribution in [0, 0.1) is 0 Å². The number of carbonyl (C=O) groups excluding carboxylic acids is 1. The molecule has 170 valence electrons. The Labute approximate surface area is 190 Å². The van der Waals surface area contributed by atoms with Crippen molar-refractivity contribution in [2.75, 3.05) is 6.26 Å². The fourth-order valence-corrected chi connectivity index (χ4v) is 5.28. The van der Waals surface area contributed by atoms with Gasteiger partial charge >= 0.3 is 0 Å². The van der Waals surface area contributed by atoms with E-state index < -0.39 is 19.7 Å². The summed E-state index contributed by atoms with van der Waals surface area (Å²) in [5.74, 6) is -0.0458. The van der Waals surface area contributed by atoms with E-state index >= 15 is 0 Å². The number of benzene rings is 1. The molecule has 0 amide bonds. The first-order valence-electron chi connectivity index (χ1n) is 9.97. The number of sulfone groups is 2. The molecule has 3 heterocycles. The summed E-state index contributed by atoms with van der Waals surface area (Å²) in [6, 6.07) is 9.99. The lowest BCUT2D eigenvalue weighted by molar-refractivity contribution is 0.0980. The second-order valence-electron chi connectivity index (χ2n) is 7.54. The van der Waals surface area contributed by atoms with Crippen molar-refractivity contribution < 1.29 is 21.6 Å². The summed E-state index contributed by atoms with van der Waals surface area (Å²) in [5.41, 5.74) is 1.78. The molecule has 4 rings (SSSR count). The van der Waals surface area contributed by atoms with E-state index in [0.717, 1.165) is 17.7 Å². The molecule has 11 heteroatoms. The third kappa shape index (κ3) is 4.99. The number of Topliss-reactive ketones (excluding diaryl/α,β-unsaturated/α-hetero) is 1. The van der Waals surface area contributed by atoms with Crippen molar-refractivity contribution in [1.82, 2.24) is 20.2 Å². The fourth-order valence-electron chi connectivity index (χ4n) is 3.29. The predicted octanol–water partition coefficient (Wildman–Crippen LogP) is 2.79.